The Balaban J connectivity index is -0.0000000178. The standard InChI is InChI=1S/3Mg.2H3O4P.Zn.6H/c;;;2*1-5(2,3)4;;;;;;;/h;;;2*(H3,1,2,3,4);;;;;;;. The Hall–Kier alpha value is 3.14. The second-order valence-electron chi connectivity index (χ2n) is 1.03. The van der Waals surface area contributed by atoms with E-state index in [9.17, 15) is 0 Å². The van der Waals surface area contributed by atoms with Gasteiger partial charge in [0.05, 0.1) is 0 Å². The van der Waals surface area contributed by atoms with E-state index in [-0.39, 0.29) is 88.6 Å². The van der Waals surface area contributed by atoms with Crippen LogP contribution < -0.4 is 0 Å². The molecule has 0 radical (unpaired) electrons. The van der Waals surface area contributed by atoms with Crippen molar-refractivity contribution in [2.75, 3.05) is 0 Å². The number of rotatable bonds is 0. The molecule has 0 aromatic heterocycles. The first-order valence-electron chi connectivity index (χ1n) is 1.57. The summed E-state index contributed by atoms with van der Waals surface area (Å²) in [5, 5.41) is 0. The summed E-state index contributed by atoms with van der Waals surface area (Å²) in [5.41, 5.74) is 0. The molecule has 0 saturated heterocycles. The van der Waals surface area contributed by atoms with Crippen molar-refractivity contribution < 1.29 is 58.0 Å². The van der Waals surface area contributed by atoms with Crippen molar-refractivity contribution in [3.63, 3.8) is 0 Å². The third-order valence-electron chi connectivity index (χ3n) is 0. The molecule has 0 unspecified atom stereocenters. The molecule has 0 amide bonds. The predicted molar refractivity (Wildman–Crippen MR) is 54.2 cm³/mol. The molecule has 14 heteroatoms. The van der Waals surface area contributed by atoms with Crippen LogP contribution in [0.15, 0.2) is 0 Å². The van der Waals surface area contributed by atoms with Crippen LogP contribution in [0.4, 0.5) is 0 Å². The molecule has 0 bridgehead atoms. The third-order valence-corrected chi connectivity index (χ3v) is 0. The zero-order chi connectivity index (χ0) is 9.00. The molecule has 0 aromatic carbocycles. The van der Waals surface area contributed by atoms with Gasteiger partial charge >= 0.3 is 84.8 Å². The molecule has 6 N–H and O–H groups in total. The van der Waals surface area contributed by atoms with E-state index in [1.807, 2.05) is 0 Å². The molecule has 78 valence electrons. The average molecular weight is 340 g/mol. The van der Waals surface area contributed by atoms with Gasteiger partial charge in [0, 0.05) is 19.5 Å². The van der Waals surface area contributed by atoms with Gasteiger partial charge in [-0.25, -0.2) is 9.13 Å². The fourth-order valence-electron chi connectivity index (χ4n) is 0. The van der Waals surface area contributed by atoms with Gasteiger partial charge in [-0.2, -0.15) is 0 Å². The zero-order valence-electron chi connectivity index (χ0n) is 5.10. The summed E-state index contributed by atoms with van der Waals surface area (Å²) < 4.78 is 17.8. The van der Waals surface area contributed by atoms with Crippen LogP contribution >= 0.6 is 15.6 Å². The molecule has 0 saturated carbocycles. The Bertz CT molecular complexity index is 135. The third kappa shape index (κ3) is 307. The summed E-state index contributed by atoms with van der Waals surface area (Å²) in [4.78, 5) is 43.1. The van der Waals surface area contributed by atoms with Gasteiger partial charge < -0.3 is 29.4 Å². The first-order valence-corrected chi connectivity index (χ1v) is 4.70. The van der Waals surface area contributed by atoms with E-state index in [2.05, 4.69) is 0 Å². The van der Waals surface area contributed by atoms with Crippen molar-refractivity contribution in [2.45, 2.75) is 0 Å². The largest absolute Gasteiger partial charge is 0.466 e. The first kappa shape index (κ1) is 36.0. The van der Waals surface area contributed by atoms with Crippen LogP contribution in [0.3, 0.4) is 0 Å². The minimum atomic E-state index is -4.64. The van der Waals surface area contributed by atoms with Gasteiger partial charge in [-0.1, -0.05) is 0 Å². The van der Waals surface area contributed by atoms with Crippen LogP contribution in [-0.2, 0) is 28.6 Å². The van der Waals surface area contributed by atoms with E-state index in [4.69, 9.17) is 38.5 Å². The van der Waals surface area contributed by atoms with E-state index in [1.54, 1.807) is 0 Å². The maximum atomic E-state index is 8.88. The average Bonchev–Trinajstić information content (AvgIpc) is 1.12. The van der Waals surface area contributed by atoms with Crippen LogP contribution in [0.2, 0.25) is 0 Å². The molecule has 0 rings (SSSR count). The van der Waals surface area contributed by atoms with Crippen molar-refractivity contribution in [1.82, 2.24) is 0 Å². The minimum absolute atomic E-state index is 0. The first-order chi connectivity index (χ1) is 4.00. The summed E-state index contributed by atoms with van der Waals surface area (Å²) in [6.07, 6.45) is 0. The topological polar surface area (TPSA) is 156 Å². The monoisotopic (exact) mass is 338 g/mol. The quantitative estimate of drug-likeness (QED) is 0.190. The van der Waals surface area contributed by atoms with Gasteiger partial charge in [-0.05, 0) is 0 Å². The fourth-order valence-corrected chi connectivity index (χ4v) is 0. The molecular formula is H12Mg3O8P2Zn. The van der Waals surface area contributed by atoms with E-state index >= 15 is 0 Å². The fraction of sp³-hybridized carbons (Fsp3) is 0. The second-order valence-corrected chi connectivity index (χ2v) is 3.08. The molecule has 0 aliphatic rings. The zero-order valence-corrected chi connectivity index (χ0v) is 9.86. The van der Waals surface area contributed by atoms with Gasteiger partial charge in [-0.15, -0.1) is 0 Å². The molecule has 0 atom stereocenters. The normalized spacial score (nSPS) is 8.43. The summed E-state index contributed by atoms with van der Waals surface area (Å²) in [6.45, 7) is 0. The Morgan fingerprint density at radius 1 is 0.571 bits per heavy atom. The number of hydrogen-bond acceptors (Lipinski definition) is 2. The molecule has 0 heterocycles. The predicted octanol–water partition coefficient (Wildman–Crippen LogP) is -4.61. The van der Waals surface area contributed by atoms with Crippen molar-refractivity contribution in [2.24, 2.45) is 0 Å². The van der Waals surface area contributed by atoms with Crippen LogP contribution in [-0.4, -0.2) is 98.5 Å². The summed E-state index contributed by atoms with van der Waals surface area (Å²) in [7, 11) is -9.28. The number of phosphoric acid groups is 2. The maximum Gasteiger partial charge on any atom is 0.466 e. The molecule has 0 spiro atoms. The van der Waals surface area contributed by atoms with Gasteiger partial charge in [0.15, 0.2) is 0 Å². The van der Waals surface area contributed by atoms with E-state index in [1.165, 1.54) is 0 Å². The van der Waals surface area contributed by atoms with Crippen LogP contribution in [0.5, 0.6) is 0 Å². The summed E-state index contributed by atoms with van der Waals surface area (Å²) in [5.74, 6) is 0. The molecular weight excluding hydrogens is 328 g/mol. The van der Waals surface area contributed by atoms with Crippen LogP contribution in [0, 0.1) is 0 Å². The molecule has 0 aromatic rings. The maximum absolute atomic E-state index is 8.88. The smallest absolute Gasteiger partial charge is 0.303 e. The van der Waals surface area contributed by atoms with Crippen molar-refractivity contribution in [3.8, 4) is 0 Å². The molecule has 0 aliphatic carbocycles. The van der Waals surface area contributed by atoms with E-state index in [0.717, 1.165) is 0 Å². The molecule has 0 fully saturated rings. The summed E-state index contributed by atoms with van der Waals surface area (Å²) >= 11 is 0. The van der Waals surface area contributed by atoms with Crippen molar-refractivity contribution in [1.29, 1.82) is 0 Å². The van der Waals surface area contributed by atoms with Crippen LogP contribution in [0.25, 0.3) is 0 Å². The van der Waals surface area contributed by atoms with Gasteiger partial charge in [0.1, 0.15) is 0 Å². The molecule has 8 nitrogen and oxygen atoms in total. The Labute approximate surface area is 141 Å². The summed E-state index contributed by atoms with van der Waals surface area (Å²) in [6, 6.07) is 0. The Kier molecular flexibility index (Phi) is 41.5. The minimum Gasteiger partial charge on any atom is -0.303 e. The van der Waals surface area contributed by atoms with Crippen molar-refractivity contribution in [3.05, 3.63) is 0 Å². The Morgan fingerprint density at radius 2 is 0.571 bits per heavy atom. The molecule has 14 heavy (non-hydrogen) atoms. The second kappa shape index (κ2) is 16.1. The van der Waals surface area contributed by atoms with Crippen LogP contribution in [0.1, 0.15) is 0 Å². The molecule has 0 aliphatic heterocycles. The van der Waals surface area contributed by atoms with Crippen molar-refractivity contribution >= 4 is 84.8 Å². The van der Waals surface area contributed by atoms with Gasteiger partial charge in [0.2, 0.25) is 0 Å². The SMILES string of the molecule is O=P(O)(O)O.O=P(O)(O)O.[MgH2].[MgH2].[MgH2].[Zn]. The van der Waals surface area contributed by atoms with Gasteiger partial charge in [-0.3, -0.25) is 0 Å². The van der Waals surface area contributed by atoms with Gasteiger partial charge in [0.25, 0.3) is 0 Å². The van der Waals surface area contributed by atoms with E-state index < -0.39 is 15.6 Å². The van der Waals surface area contributed by atoms with E-state index in [0.29, 0.717) is 0 Å². The number of hydrogen-bond donors (Lipinski definition) is 6. The Morgan fingerprint density at radius 3 is 0.571 bits per heavy atom.